The standard InChI is InChI=1S/C9H8N4O/c10-8-6-3-1-2-4-7(6)12-13-9(8)11-5-14/h1-5H,(H2,10,12)(H,11,13,14). The van der Waals surface area contributed by atoms with Crippen LogP contribution in [-0.4, -0.2) is 16.6 Å². The Labute approximate surface area is 79.9 Å². The topological polar surface area (TPSA) is 80.9 Å². The number of nitrogens with one attached hydrogen (secondary N) is 1. The lowest BCUT2D eigenvalue weighted by molar-refractivity contribution is -0.105. The smallest absolute Gasteiger partial charge is 0.212 e. The molecule has 0 saturated carbocycles. The molecule has 1 aromatic carbocycles. The van der Waals surface area contributed by atoms with Crippen molar-refractivity contribution in [2.75, 3.05) is 11.1 Å². The van der Waals surface area contributed by atoms with Gasteiger partial charge in [-0.1, -0.05) is 18.2 Å². The molecule has 0 fully saturated rings. The van der Waals surface area contributed by atoms with Gasteiger partial charge in [-0.05, 0) is 6.07 Å². The average molecular weight is 188 g/mol. The van der Waals surface area contributed by atoms with E-state index >= 15 is 0 Å². The highest BCUT2D eigenvalue weighted by molar-refractivity contribution is 5.96. The Balaban J connectivity index is 2.68. The SMILES string of the molecule is Nc1c(NC=O)nnc2ccccc12. The minimum Gasteiger partial charge on any atom is -0.395 e. The van der Waals surface area contributed by atoms with E-state index in [0.717, 1.165) is 5.39 Å². The summed E-state index contributed by atoms with van der Waals surface area (Å²) < 4.78 is 0. The van der Waals surface area contributed by atoms with Crippen LogP contribution >= 0.6 is 0 Å². The van der Waals surface area contributed by atoms with Crippen molar-refractivity contribution < 1.29 is 4.79 Å². The van der Waals surface area contributed by atoms with Gasteiger partial charge >= 0.3 is 0 Å². The highest BCUT2D eigenvalue weighted by atomic mass is 16.1. The van der Waals surface area contributed by atoms with Gasteiger partial charge < -0.3 is 11.1 Å². The first-order valence-corrected chi connectivity index (χ1v) is 4.04. The van der Waals surface area contributed by atoms with Crippen LogP contribution in [0.15, 0.2) is 24.3 Å². The zero-order valence-corrected chi connectivity index (χ0v) is 7.27. The second-order valence-corrected chi connectivity index (χ2v) is 2.74. The molecule has 1 aromatic heterocycles. The summed E-state index contributed by atoms with van der Waals surface area (Å²) in [6.45, 7) is 0. The van der Waals surface area contributed by atoms with E-state index < -0.39 is 0 Å². The summed E-state index contributed by atoms with van der Waals surface area (Å²) in [6.07, 6.45) is 0.523. The van der Waals surface area contributed by atoms with Crippen molar-refractivity contribution in [1.82, 2.24) is 10.2 Å². The molecule has 3 N–H and O–H groups in total. The Bertz CT molecular complexity index is 483. The van der Waals surface area contributed by atoms with E-state index in [1.807, 2.05) is 24.3 Å². The number of nitrogen functional groups attached to an aromatic ring is 1. The molecular weight excluding hydrogens is 180 g/mol. The number of anilines is 2. The van der Waals surface area contributed by atoms with Crippen molar-refractivity contribution in [3.63, 3.8) is 0 Å². The van der Waals surface area contributed by atoms with Crippen LogP contribution in [-0.2, 0) is 4.79 Å². The molecule has 14 heavy (non-hydrogen) atoms. The van der Waals surface area contributed by atoms with Gasteiger partial charge in [0.25, 0.3) is 0 Å². The van der Waals surface area contributed by atoms with E-state index in [4.69, 9.17) is 5.73 Å². The zero-order valence-electron chi connectivity index (χ0n) is 7.27. The molecule has 0 unspecified atom stereocenters. The lowest BCUT2D eigenvalue weighted by atomic mass is 10.2. The van der Waals surface area contributed by atoms with E-state index in [2.05, 4.69) is 15.5 Å². The van der Waals surface area contributed by atoms with Crippen LogP contribution in [0.4, 0.5) is 11.5 Å². The van der Waals surface area contributed by atoms with Crippen molar-refractivity contribution >= 4 is 28.8 Å². The second-order valence-electron chi connectivity index (χ2n) is 2.74. The molecule has 0 aliphatic carbocycles. The molecule has 0 atom stereocenters. The molecule has 5 heteroatoms. The maximum Gasteiger partial charge on any atom is 0.212 e. The Morgan fingerprint density at radius 2 is 2.07 bits per heavy atom. The summed E-state index contributed by atoms with van der Waals surface area (Å²) in [6, 6.07) is 7.34. The fourth-order valence-electron chi connectivity index (χ4n) is 1.24. The Morgan fingerprint density at radius 1 is 1.29 bits per heavy atom. The van der Waals surface area contributed by atoms with Crippen LogP contribution in [0.2, 0.25) is 0 Å². The van der Waals surface area contributed by atoms with Gasteiger partial charge in [-0.15, -0.1) is 10.2 Å². The summed E-state index contributed by atoms with van der Waals surface area (Å²) in [4.78, 5) is 10.2. The third-order valence-electron chi connectivity index (χ3n) is 1.90. The monoisotopic (exact) mass is 188 g/mol. The third kappa shape index (κ3) is 1.24. The molecule has 0 bridgehead atoms. The highest BCUT2D eigenvalue weighted by Crippen LogP contribution is 2.23. The average Bonchev–Trinajstić information content (AvgIpc) is 2.23. The number of amides is 1. The van der Waals surface area contributed by atoms with Crippen molar-refractivity contribution in [3.05, 3.63) is 24.3 Å². The van der Waals surface area contributed by atoms with Crippen LogP contribution in [0, 0.1) is 0 Å². The van der Waals surface area contributed by atoms with Crippen LogP contribution in [0.25, 0.3) is 10.9 Å². The third-order valence-corrected chi connectivity index (χ3v) is 1.90. The van der Waals surface area contributed by atoms with Gasteiger partial charge in [0.1, 0.15) is 0 Å². The first-order chi connectivity index (χ1) is 6.83. The zero-order chi connectivity index (χ0) is 9.97. The van der Waals surface area contributed by atoms with Gasteiger partial charge in [-0.2, -0.15) is 0 Å². The number of hydrogen-bond acceptors (Lipinski definition) is 4. The Morgan fingerprint density at radius 3 is 2.86 bits per heavy atom. The largest absolute Gasteiger partial charge is 0.395 e. The van der Waals surface area contributed by atoms with Crippen molar-refractivity contribution in [3.8, 4) is 0 Å². The fraction of sp³-hybridized carbons (Fsp3) is 0. The van der Waals surface area contributed by atoms with E-state index in [-0.39, 0.29) is 0 Å². The number of nitrogens with zero attached hydrogens (tertiary/aromatic N) is 2. The number of nitrogens with two attached hydrogens (primary N) is 1. The summed E-state index contributed by atoms with van der Waals surface area (Å²) in [7, 11) is 0. The molecule has 2 aromatic rings. The molecule has 70 valence electrons. The number of carbonyl (C=O) groups is 1. The molecule has 1 amide bonds. The number of rotatable bonds is 2. The van der Waals surface area contributed by atoms with Crippen LogP contribution in [0.1, 0.15) is 0 Å². The van der Waals surface area contributed by atoms with Crippen molar-refractivity contribution in [1.29, 1.82) is 0 Å². The minimum absolute atomic E-state index is 0.290. The summed E-state index contributed by atoms with van der Waals surface area (Å²) in [5.74, 6) is 0.290. The molecule has 0 spiro atoms. The van der Waals surface area contributed by atoms with Gasteiger partial charge in [-0.3, -0.25) is 4.79 Å². The predicted molar refractivity (Wildman–Crippen MR) is 53.6 cm³/mol. The maximum absolute atomic E-state index is 10.2. The molecule has 2 rings (SSSR count). The highest BCUT2D eigenvalue weighted by Gasteiger charge is 2.05. The number of fused-ring (bicyclic) bond motifs is 1. The van der Waals surface area contributed by atoms with Crippen molar-refractivity contribution in [2.45, 2.75) is 0 Å². The molecule has 1 heterocycles. The van der Waals surface area contributed by atoms with E-state index in [1.54, 1.807) is 0 Å². The molecule has 0 aliphatic heterocycles. The Kier molecular flexibility index (Phi) is 1.98. The van der Waals surface area contributed by atoms with Crippen molar-refractivity contribution in [2.24, 2.45) is 0 Å². The van der Waals surface area contributed by atoms with E-state index in [0.29, 0.717) is 23.4 Å². The number of hydrogen-bond donors (Lipinski definition) is 2. The van der Waals surface area contributed by atoms with Crippen LogP contribution in [0.3, 0.4) is 0 Å². The van der Waals surface area contributed by atoms with Crippen LogP contribution in [0.5, 0.6) is 0 Å². The number of benzene rings is 1. The maximum atomic E-state index is 10.2. The van der Waals surface area contributed by atoms with Crippen LogP contribution < -0.4 is 11.1 Å². The Hall–Kier alpha value is -2.17. The lowest BCUT2D eigenvalue weighted by Crippen LogP contribution is -2.03. The normalized spacial score (nSPS) is 10.0. The van der Waals surface area contributed by atoms with E-state index in [1.165, 1.54) is 0 Å². The lowest BCUT2D eigenvalue weighted by Gasteiger charge is -2.04. The van der Waals surface area contributed by atoms with Gasteiger partial charge in [0.05, 0.1) is 11.2 Å². The fourth-order valence-corrected chi connectivity index (χ4v) is 1.24. The van der Waals surface area contributed by atoms with E-state index in [9.17, 15) is 4.79 Å². The quantitative estimate of drug-likeness (QED) is 0.682. The number of carbonyl (C=O) groups excluding carboxylic acids is 1. The van der Waals surface area contributed by atoms with Gasteiger partial charge in [-0.25, -0.2) is 0 Å². The predicted octanol–water partition coefficient (Wildman–Crippen LogP) is 0.780. The summed E-state index contributed by atoms with van der Waals surface area (Å²) >= 11 is 0. The molecular formula is C9H8N4O. The first kappa shape index (κ1) is 8.43. The molecule has 5 nitrogen and oxygen atoms in total. The van der Waals surface area contributed by atoms with Gasteiger partial charge in [0.2, 0.25) is 6.41 Å². The minimum atomic E-state index is 0.290. The summed E-state index contributed by atoms with van der Waals surface area (Å²) in [5.41, 5.74) is 6.92. The molecule has 0 saturated heterocycles. The summed E-state index contributed by atoms with van der Waals surface area (Å²) in [5, 5.41) is 10.9. The van der Waals surface area contributed by atoms with Gasteiger partial charge in [0.15, 0.2) is 5.82 Å². The van der Waals surface area contributed by atoms with Gasteiger partial charge in [0, 0.05) is 5.39 Å². The molecule has 0 aliphatic rings. The molecule has 0 radical (unpaired) electrons. The number of aromatic nitrogens is 2. The second kappa shape index (κ2) is 3.29. The first-order valence-electron chi connectivity index (χ1n) is 4.04.